The molecular formula is C20H16FN5O. The molecule has 0 amide bonds. The van der Waals surface area contributed by atoms with Gasteiger partial charge in [-0.2, -0.15) is 0 Å². The highest BCUT2D eigenvalue weighted by Crippen LogP contribution is 2.31. The van der Waals surface area contributed by atoms with Gasteiger partial charge in [0.05, 0.1) is 6.61 Å². The average Bonchev–Trinajstić information content (AvgIpc) is 3.37. The molecule has 1 aliphatic heterocycles. The summed E-state index contributed by atoms with van der Waals surface area (Å²) in [6.45, 7) is 0.611. The van der Waals surface area contributed by atoms with Gasteiger partial charge in [-0.3, -0.25) is 9.38 Å². The number of aryl methyl sites for hydroxylation is 1. The van der Waals surface area contributed by atoms with Crippen molar-refractivity contribution in [3.8, 4) is 16.9 Å². The van der Waals surface area contributed by atoms with Crippen LogP contribution in [0.3, 0.4) is 0 Å². The molecule has 0 unspecified atom stereocenters. The number of hydrogen-bond donors (Lipinski definition) is 0. The van der Waals surface area contributed by atoms with Gasteiger partial charge >= 0.3 is 0 Å². The number of halogens is 1. The van der Waals surface area contributed by atoms with Gasteiger partial charge in [-0.1, -0.05) is 6.07 Å². The maximum Gasteiger partial charge on any atom is 0.171 e. The first-order valence-electron chi connectivity index (χ1n) is 8.82. The van der Waals surface area contributed by atoms with Crippen molar-refractivity contribution in [2.75, 3.05) is 6.61 Å². The molecule has 4 aromatic rings. The van der Waals surface area contributed by atoms with Crippen molar-refractivity contribution in [2.45, 2.75) is 19.3 Å². The molecule has 7 heteroatoms. The Hall–Kier alpha value is -3.35. The molecule has 134 valence electrons. The van der Waals surface area contributed by atoms with E-state index in [0.717, 1.165) is 40.3 Å². The van der Waals surface area contributed by atoms with Crippen LogP contribution in [0.25, 0.3) is 16.8 Å². The summed E-state index contributed by atoms with van der Waals surface area (Å²) in [5.41, 5.74) is 4.20. The minimum absolute atomic E-state index is 0.189. The zero-order chi connectivity index (χ0) is 18.2. The quantitative estimate of drug-likeness (QED) is 0.559. The summed E-state index contributed by atoms with van der Waals surface area (Å²) >= 11 is 0. The van der Waals surface area contributed by atoms with Crippen molar-refractivity contribution < 1.29 is 9.13 Å². The van der Waals surface area contributed by atoms with Crippen molar-refractivity contribution in [3.63, 3.8) is 0 Å². The molecular weight excluding hydrogens is 345 g/mol. The van der Waals surface area contributed by atoms with Gasteiger partial charge in [0.2, 0.25) is 0 Å². The SMILES string of the molecule is Fc1ccc2c(c1CCc1ncc(-c3cccnc3)c3nncn13)CCO2. The van der Waals surface area contributed by atoms with Gasteiger partial charge in [0.25, 0.3) is 0 Å². The highest BCUT2D eigenvalue weighted by molar-refractivity contribution is 5.75. The first-order chi connectivity index (χ1) is 13.3. The highest BCUT2D eigenvalue weighted by atomic mass is 19.1. The first kappa shape index (κ1) is 15.9. The minimum Gasteiger partial charge on any atom is -0.493 e. The van der Waals surface area contributed by atoms with Crippen molar-refractivity contribution in [1.29, 1.82) is 0 Å². The molecule has 0 atom stereocenters. The monoisotopic (exact) mass is 361 g/mol. The molecule has 4 heterocycles. The highest BCUT2D eigenvalue weighted by Gasteiger charge is 2.20. The van der Waals surface area contributed by atoms with Gasteiger partial charge in [0, 0.05) is 48.1 Å². The maximum atomic E-state index is 14.4. The standard InChI is InChI=1S/C20H16FN5O/c21-17-4-5-18-15(7-9-27-18)14(17)3-6-19-23-11-16(13-2-1-8-22-10-13)20-25-24-12-26(19)20/h1-2,4-5,8,10-12H,3,6-7,9H2. The van der Waals surface area contributed by atoms with Crippen LogP contribution >= 0.6 is 0 Å². The second-order valence-corrected chi connectivity index (χ2v) is 6.46. The number of ether oxygens (including phenoxy) is 1. The zero-order valence-electron chi connectivity index (χ0n) is 14.5. The Morgan fingerprint density at radius 1 is 1.15 bits per heavy atom. The maximum absolute atomic E-state index is 14.4. The van der Waals surface area contributed by atoms with Gasteiger partial charge < -0.3 is 4.74 Å². The van der Waals surface area contributed by atoms with E-state index in [9.17, 15) is 4.39 Å². The fourth-order valence-electron chi connectivity index (χ4n) is 3.60. The Balaban J connectivity index is 1.49. The lowest BCUT2D eigenvalue weighted by Crippen LogP contribution is -2.06. The largest absolute Gasteiger partial charge is 0.493 e. The van der Waals surface area contributed by atoms with Crippen LogP contribution in [-0.2, 0) is 19.3 Å². The van der Waals surface area contributed by atoms with Crippen molar-refractivity contribution >= 4 is 5.65 Å². The number of aromatic nitrogens is 5. The zero-order valence-corrected chi connectivity index (χ0v) is 14.5. The third-order valence-electron chi connectivity index (χ3n) is 4.92. The lowest BCUT2D eigenvalue weighted by Gasteiger charge is -2.10. The van der Waals surface area contributed by atoms with Crippen LogP contribution in [0.4, 0.5) is 4.39 Å². The number of hydrogen-bond acceptors (Lipinski definition) is 5. The second kappa shape index (κ2) is 6.42. The summed E-state index contributed by atoms with van der Waals surface area (Å²) in [5, 5.41) is 8.27. The van der Waals surface area contributed by atoms with Crippen LogP contribution in [0.5, 0.6) is 5.75 Å². The topological polar surface area (TPSA) is 65.2 Å². The van der Waals surface area contributed by atoms with E-state index in [-0.39, 0.29) is 5.82 Å². The number of rotatable bonds is 4. The summed E-state index contributed by atoms with van der Waals surface area (Å²) in [6, 6.07) is 7.02. The van der Waals surface area contributed by atoms with Crippen LogP contribution in [0.15, 0.2) is 49.2 Å². The Kier molecular flexibility index (Phi) is 3.78. The Morgan fingerprint density at radius 3 is 3.00 bits per heavy atom. The third-order valence-corrected chi connectivity index (χ3v) is 4.92. The van der Waals surface area contributed by atoms with Crippen molar-refractivity contribution in [2.24, 2.45) is 0 Å². The van der Waals surface area contributed by atoms with E-state index in [1.807, 2.05) is 16.5 Å². The molecule has 0 saturated heterocycles. The lowest BCUT2D eigenvalue weighted by atomic mass is 10.00. The second-order valence-electron chi connectivity index (χ2n) is 6.46. The lowest BCUT2D eigenvalue weighted by molar-refractivity contribution is 0.356. The van der Waals surface area contributed by atoms with E-state index in [1.165, 1.54) is 6.07 Å². The number of benzene rings is 1. The van der Waals surface area contributed by atoms with E-state index in [4.69, 9.17) is 4.74 Å². The average molecular weight is 361 g/mol. The summed E-state index contributed by atoms with van der Waals surface area (Å²) in [4.78, 5) is 8.75. The molecule has 0 bridgehead atoms. The summed E-state index contributed by atoms with van der Waals surface area (Å²) < 4.78 is 21.8. The van der Waals surface area contributed by atoms with E-state index >= 15 is 0 Å². The van der Waals surface area contributed by atoms with Crippen LogP contribution in [0.2, 0.25) is 0 Å². The minimum atomic E-state index is -0.189. The van der Waals surface area contributed by atoms with Crippen LogP contribution in [0.1, 0.15) is 17.0 Å². The molecule has 1 aromatic carbocycles. The smallest absolute Gasteiger partial charge is 0.171 e. The molecule has 1 aliphatic rings. The predicted octanol–water partition coefficient (Wildman–Crippen LogP) is 3.05. The van der Waals surface area contributed by atoms with Gasteiger partial charge in [0.15, 0.2) is 5.65 Å². The van der Waals surface area contributed by atoms with E-state index in [1.54, 1.807) is 31.0 Å². The summed E-state index contributed by atoms with van der Waals surface area (Å²) in [6.07, 6.45) is 8.80. The fraction of sp³-hybridized carbons (Fsp3) is 0.200. The van der Waals surface area contributed by atoms with Crippen LogP contribution < -0.4 is 4.74 Å². The van der Waals surface area contributed by atoms with Crippen molar-refractivity contribution in [1.82, 2.24) is 24.6 Å². The van der Waals surface area contributed by atoms with Crippen LogP contribution in [0, 0.1) is 5.82 Å². The molecule has 3 aromatic heterocycles. The summed E-state index contributed by atoms with van der Waals surface area (Å²) in [7, 11) is 0. The van der Waals surface area contributed by atoms with E-state index < -0.39 is 0 Å². The van der Waals surface area contributed by atoms with E-state index in [2.05, 4.69) is 20.2 Å². The van der Waals surface area contributed by atoms with E-state index in [0.29, 0.717) is 25.0 Å². The summed E-state index contributed by atoms with van der Waals surface area (Å²) in [5.74, 6) is 1.39. The molecule has 6 nitrogen and oxygen atoms in total. The van der Waals surface area contributed by atoms with Gasteiger partial charge in [0.1, 0.15) is 23.7 Å². The molecule has 27 heavy (non-hydrogen) atoms. The molecule has 0 spiro atoms. The molecule has 0 radical (unpaired) electrons. The van der Waals surface area contributed by atoms with Gasteiger partial charge in [-0.25, -0.2) is 9.37 Å². The molecule has 5 rings (SSSR count). The number of pyridine rings is 1. The molecule has 0 aliphatic carbocycles. The first-order valence-corrected chi connectivity index (χ1v) is 8.82. The normalized spacial score (nSPS) is 12.9. The number of fused-ring (bicyclic) bond motifs is 2. The van der Waals surface area contributed by atoms with Crippen molar-refractivity contribution in [3.05, 3.63) is 72.0 Å². The molecule has 0 N–H and O–H groups in total. The predicted molar refractivity (Wildman–Crippen MR) is 97.0 cm³/mol. The van der Waals surface area contributed by atoms with Gasteiger partial charge in [-0.15, -0.1) is 10.2 Å². The Labute approximate surface area is 154 Å². The molecule has 0 saturated carbocycles. The fourth-order valence-corrected chi connectivity index (χ4v) is 3.60. The number of nitrogens with zero attached hydrogens (tertiary/aromatic N) is 5. The Bertz CT molecular complexity index is 1130. The van der Waals surface area contributed by atoms with Crippen LogP contribution in [-0.4, -0.2) is 31.2 Å². The van der Waals surface area contributed by atoms with Gasteiger partial charge in [-0.05, 0) is 30.2 Å². The third kappa shape index (κ3) is 2.71. The molecule has 0 fully saturated rings. The Morgan fingerprint density at radius 2 is 2.11 bits per heavy atom.